The quantitative estimate of drug-likeness (QED) is 0.873. The zero-order chi connectivity index (χ0) is 16.9. The molecule has 0 saturated carbocycles. The number of nitrogens with two attached hydrogens (primary N) is 1. The Morgan fingerprint density at radius 1 is 1.25 bits per heavy atom. The lowest BCUT2D eigenvalue weighted by atomic mass is 9.89. The van der Waals surface area contributed by atoms with Crippen molar-refractivity contribution >= 4 is 23.3 Å². The zero-order valence-corrected chi connectivity index (χ0v) is 14.1. The molecule has 0 radical (unpaired) electrons. The first-order chi connectivity index (χ1) is 11.7. The SMILES string of the molecule is NC[C@@H]1CN(CC(=O)Nc2ccc(Cl)cn2)C[C@H]1c1ccccc1. The average Bonchev–Trinajstić information content (AvgIpc) is 3.00. The summed E-state index contributed by atoms with van der Waals surface area (Å²) in [6.07, 6.45) is 1.52. The van der Waals surface area contributed by atoms with Crippen molar-refractivity contribution in [3.63, 3.8) is 0 Å². The third-order valence-corrected chi connectivity index (χ3v) is 4.63. The topological polar surface area (TPSA) is 71.2 Å². The number of nitrogens with one attached hydrogen (secondary N) is 1. The molecule has 1 aromatic carbocycles. The normalized spacial score (nSPS) is 20.9. The molecule has 0 spiro atoms. The van der Waals surface area contributed by atoms with E-state index in [2.05, 4.69) is 27.3 Å². The van der Waals surface area contributed by atoms with Crippen LogP contribution >= 0.6 is 11.6 Å². The van der Waals surface area contributed by atoms with Gasteiger partial charge in [0.25, 0.3) is 0 Å². The highest BCUT2D eigenvalue weighted by atomic mass is 35.5. The lowest BCUT2D eigenvalue weighted by molar-refractivity contribution is -0.117. The maximum atomic E-state index is 12.2. The molecule has 2 atom stereocenters. The minimum absolute atomic E-state index is 0.0747. The molecule has 2 heterocycles. The smallest absolute Gasteiger partial charge is 0.239 e. The second-order valence-corrected chi connectivity index (χ2v) is 6.55. The summed E-state index contributed by atoms with van der Waals surface area (Å²) < 4.78 is 0. The largest absolute Gasteiger partial charge is 0.330 e. The van der Waals surface area contributed by atoms with E-state index in [-0.39, 0.29) is 5.91 Å². The van der Waals surface area contributed by atoms with Crippen LogP contribution < -0.4 is 11.1 Å². The number of nitrogens with zero attached hydrogens (tertiary/aromatic N) is 2. The van der Waals surface area contributed by atoms with Crippen LogP contribution in [0.4, 0.5) is 5.82 Å². The Labute approximate surface area is 146 Å². The number of carbonyl (C=O) groups is 1. The number of carbonyl (C=O) groups excluding carboxylic acids is 1. The number of anilines is 1. The van der Waals surface area contributed by atoms with Crippen molar-refractivity contribution in [2.24, 2.45) is 11.7 Å². The van der Waals surface area contributed by atoms with Crippen molar-refractivity contribution in [3.8, 4) is 0 Å². The van der Waals surface area contributed by atoms with Crippen LogP contribution in [0.25, 0.3) is 0 Å². The van der Waals surface area contributed by atoms with Crippen LogP contribution in [0.2, 0.25) is 5.02 Å². The number of aromatic nitrogens is 1. The zero-order valence-electron chi connectivity index (χ0n) is 13.4. The van der Waals surface area contributed by atoms with Crippen molar-refractivity contribution in [1.82, 2.24) is 9.88 Å². The van der Waals surface area contributed by atoms with Crippen molar-refractivity contribution in [3.05, 3.63) is 59.2 Å². The van der Waals surface area contributed by atoms with Gasteiger partial charge < -0.3 is 11.1 Å². The molecule has 3 N–H and O–H groups in total. The second kappa shape index (κ2) is 7.75. The van der Waals surface area contributed by atoms with E-state index in [1.54, 1.807) is 12.1 Å². The van der Waals surface area contributed by atoms with Gasteiger partial charge in [-0.3, -0.25) is 9.69 Å². The van der Waals surface area contributed by atoms with Crippen molar-refractivity contribution in [2.45, 2.75) is 5.92 Å². The van der Waals surface area contributed by atoms with E-state index >= 15 is 0 Å². The molecule has 1 saturated heterocycles. The molecule has 5 nitrogen and oxygen atoms in total. The first-order valence-electron chi connectivity index (χ1n) is 8.04. The molecule has 1 aromatic heterocycles. The third kappa shape index (κ3) is 4.12. The number of hydrogen-bond donors (Lipinski definition) is 2. The molecule has 0 bridgehead atoms. The number of benzene rings is 1. The van der Waals surface area contributed by atoms with E-state index in [1.807, 2.05) is 18.2 Å². The summed E-state index contributed by atoms with van der Waals surface area (Å²) in [5.41, 5.74) is 7.23. The van der Waals surface area contributed by atoms with Gasteiger partial charge in [-0.2, -0.15) is 0 Å². The lowest BCUT2D eigenvalue weighted by Gasteiger charge is -2.16. The lowest BCUT2D eigenvalue weighted by Crippen LogP contribution is -2.32. The summed E-state index contributed by atoms with van der Waals surface area (Å²) >= 11 is 5.80. The summed E-state index contributed by atoms with van der Waals surface area (Å²) in [6, 6.07) is 13.8. The molecule has 6 heteroatoms. The molecular weight excluding hydrogens is 324 g/mol. The van der Waals surface area contributed by atoms with Crippen molar-refractivity contribution < 1.29 is 4.79 Å². The van der Waals surface area contributed by atoms with Gasteiger partial charge in [0.1, 0.15) is 5.82 Å². The van der Waals surface area contributed by atoms with Crippen LogP contribution in [0.3, 0.4) is 0 Å². The second-order valence-electron chi connectivity index (χ2n) is 6.12. The highest BCUT2D eigenvalue weighted by Gasteiger charge is 2.33. The monoisotopic (exact) mass is 344 g/mol. The molecular formula is C18H21ClN4O. The minimum atomic E-state index is -0.0747. The van der Waals surface area contributed by atoms with E-state index in [9.17, 15) is 4.79 Å². The summed E-state index contributed by atoms with van der Waals surface area (Å²) in [7, 11) is 0. The first-order valence-corrected chi connectivity index (χ1v) is 8.42. The van der Waals surface area contributed by atoms with E-state index < -0.39 is 0 Å². The van der Waals surface area contributed by atoms with Crippen LogP contribution in [0.1, 0.15) is 11.5 Å². The van der Waals surface area contributed by atoms with Gasteiger partial charge in [0.2, 0.25) is 5.91 Å². The maximum absolute atomic E-state index is 12.2. The standard InChI is InChI=1S/C18H21ClN4O/c19-15-6-7-17(21-9-15)22-18(24)12-23-10-14(8-20)16(11-23)13-4-2-1-3-5-13/h1-7,9,14,16H,8,10-12,20H2,(H,21,22,24)/t14-,16+/m1/s1. The summed E-state index contributed by atoms with van der Waals surface area (Å²) in [5, 5.41) is 3.35. The Balaban J connectivity index is 1.59. The average molecular weight is 345 g/mol. The van der Waals surface area contributed by atoms with Crippen LogP contribution in [-0.2, 0) is 4.79 Å². The third-order valence-electron chi connectivity index (χ3n) is 4.41. The highest BCUT2D eigenvalue weighted by molar-refractivity contribution is 6.30. The predicted octanol–water partition coefficient (Wildman–Crippen LogP) is 2.35. The fourth-order valence-corrected chi connectivity index (χ4v) is 3.35. The van der Waals surface area contributed by atoms with Gasteiger partial charge in [-0.05, 0) is 30.2 Å². The number of halogens is 1. The van der Waals surface area contributed by atoms with Gasteiger partial charge in [0.05, 0.1) is 11.6 Å². The summed E-state index contributed by atoms with van der Waals surface area (Å²) in [6.45, 7) is 2.63. The maximum Gasteiger partial charge on any atom is 0.239 e. The van der Waals surface area contributed by atoms with Crippen molar-refractivity contribution in [2.75, 3.05) is 31.5 Å². The molecule has 0 aliphatic carbocycles. The van der Waals surface area contributed by atoms with Crippen LogP contribution in [0, 0.1) is 5.92 Å². The van der Waals surface area contributed by atoms with Gasteiger partial charge in [-0.25, -0.2) is 4.98 Å². The minimum Gasteiger partial charge on any atom is -0.330 e. The van der Waals surface area contributed by atoms with Gasteiger partial charge in [0.15, 0.2) is 0 Å². The van der Waals surface area contributed by atoms with E-state index in [4.69, 9.17) is 17.3 Å². The predicted molar refractivity (Wildman–Crippen MR) is 96.0 cm³/mol. The fourth-order valence-electron chi connectivity index (χ4n) is 3.24. The molecule has 1 aliphatic heterocycles. The Bertz CT molecular complexity index is 677. The molecule has 126 valence electrons. The Morgan fingerprint density at radius 2 is 2.04 bits per heavy atom. The molecule has 1 amide bonds. The van der Waals surface area contributed by atoms with Crippen LogP contribution in [-0.4, -0.2) is 42.0 Å². The number of rotatable bonds is 5. The van der Waals surface area contributed by atoms with E-state index in [0.29, 0.717) is 35.8 Å². The number of pyridine rings is 1. The Morgan fingerprint density at radius 3 is 2.71 bits per heavy atom. The number of hydrogen-bond acceptors (Lipinski definition) is 4. The Hall–Kier alpha value is -1.95. The first kappa shape index (κ1) is 16.9. The molecule has 2 aromatic rings. The highest BCUT2D eigenvalue weighted by Crippen LogP contribution is 2.31. The number of amides is 1. The molecule has 1 aliphatic rings. The molecule has 1 fully saturated rings. The van der Waals surface area contributed by atoms with Crippen LogP contribution in [0.15, 0.2) is 48.7 Å². The molecule has 24 heavy (non-hydrogen) atoms. The van der Waals surface area contributed by atoms with Gasteiger partial charge in [0, 0.05) is 25.2 Å². The summed E-state index contributed by atoms with van der Waals surface area (Å²) in [5.74, 6) is 1.18. The summed E-state index contributed by atoms with van der Waals surface area (Å²) in [4.78, 5) is 18.5. The number of likely N-dealkylation sites (tertiary alicyclic amines) is 1. The van der Waals surface area contributed by atoms with Crippen LogP contribution in [0.5, 0.6) is 0 Å². The van der Waals surface area contributed by atoms with Gasteiger partial charge in [-0.1, -0.05) is 41.9 Å². The van der Waals surface area contributed by atoms with Gasteiger partial charge in [-0.15, -0.1) is 0 Å². The van der Waals surface area contributed by atoms with Crippen molar-refractivity contribution in [1.29, 1.82) is 0 Å². The van der Waals surface area contributed by atoms with E-state index in [0.717, 1.165) is 13.1 Å². The van der Waals surface area contributed by atoms with E-state index in [1.165, 1.54) is 11.8 Å². The fraction of sp³-hybridized carbons (Fsp3) is 0.333. The van der Waals surface area contributed by atoms with Gasteiger partial charge >= 0.3 is 0 Å². The Kier molecular flexibility index (Phi) is 5.45. The molecule has 3 rings (SSSR count). The molecule has 0 unspecified atom stereocenters.